The Kier molecular flexibility index (Phi) is 4.02. The number of nitrogens with one attached hydrogen (secondary N) is 1. The van der Waals surface area contributed by atoms with E-state index in [1.807, 2.05) is 6.26 Å². The van der Waals surface area contributed by atoms with Gasteiger partial charge in [-0.2, -0.15) is 11.8 Å². The molecule has 0 aromatic carbocycles. The molecule has 5 nitrogen and oxygen atoms in total. The summed E-state index contributed by atoms with van der Waals surface area (Å²) in [5.41, 5.74) is 0. The van der Waals surface area contributed by atoms with Crippen LogP contribution in [0.2, 0.25) is 0 Å². The zero-order valence-corrected chi connectivity index (χ0v) is 10.2. The van der Waals surface area contributed by atoms with Gasteiger partial charge >= 0.3 is 5.97 Å². The van der Waals surface area contributed by atoms with Crippen LogP contribution in [0.5, 0.6) is 0 Å². The van der Waals surface area contributed by atoms with Crippen LogP contribution in [0, 0.1) is 0 Å². The standard InChI is InChI=1S/C8H15NO4S2/c1-14-8(3-2-4-8)6-9-15(12,13)5-7(10)11/h9H,2-6H2,1H3,(H,10,11). The van der Waals surface area contributed by atoms with Gasteiger partial charge in [-0.05, 0) is 19.1 Å². The molecule has 1 fully saturated rings. The molecule has 0 spiro atoms. The molecule has 0 amide bonds. The van der Waals surface area contributed by atoms with Gasteiger partial charge in [0.05, 0.1) is 0 Å². The predicted molar refractivity (Wildman–Crippen MR) is 59.5 cm³/mol. The summed E-state index contributed by atoms with van der Waals surface area (Å²) in [4.78, 5) is 10.3. The fraction of sp³-hybridized carbons (Fsp3) is 0.875. The van der Waals surface area contributed by atoms with E-state index in [-0.39, 0.29) is 4.75 Å². The maximum atomic E-state index is 11.2. The number of rotatable bonds is 6. The van der Waals surface area contributed by atoms with E-state index in [9.17, 15) is 13.2 Å². The van der Waals surface area contributed by atoms with Crippen molar-refractivity contribution in [2.45, 2.75) is 24.0 Å². The van der Waals surface area contributed by atoms with Crippen molar-refractivity contribution in [3.8, 4) is 0 Å². The quantitative estimate of drug-likeness (QED) is 0.710. The van der Waals surface area contributed by atoms with E-state index in [4.69, 9.17) is 5.11 Å². The van der Waals surface area contributed by atoms with Gasteiger partial charge in [-0.1, -0.05) is 6.42 Å². The number of thioether (sulfide) groups is 1. The van der Waals surface area contributed by atoms with Gasteiger partial charge in [0.25, 0.3) is 0 Å². The molecule has 88 valence electrons. The van der Waals surface area contributed by atoms with Crippen molar-refractivity contribution in [1.29, 1.82) is 0 Å². The van der Waals surface area contributed by atoms with Gasteiger partial charge in [-0.15, -0.1) is 0 Å². The number of sulfonamides is 1. The Labute approximate surface area is 93.7 Å². The SMILES string of the molecule is CSC1(CNS(=O)(=O)CC(=O)O)CCC1. The first-order valence-corrected chi connectivity index (χ1v) is 7.51. The molecule has 1 rings (SSSR count). The molecule has 7 heteroatoms. The fourth-order valence-corrected chi connectivity index (χ4v) is 3.41. The van der Waals surface area contributed by atoms with Crippen LogP contribution in [0.3, 0.4) is 0 Å². The number of hydrogen-bond donors (Lipinski definition) is 2. The first-order chi connectivity index (χ1) is 6.89. The van der Waals surface area contributed by atoms with Crippen LogP contribution in [0.1, 0.15) is 19.3 Å². The van der Waals surface area contributed by atoms with E-state index in [0.29, 0.717) is 6.54 Å². The summed E-state index contributed by atoms with van der Waals surface area (Å²) in [5.74, 6) is -2.17. The minimum Gasteiger partial charge on any atom is -0.480 e. The second kappa shape index (κ2) is 4.71. The highest BCUT2D eigenvalue weighted by Gasteiger charge is 2.37. The normalized spacial score (nSPS) is 19.5. The highest BCUT2D eigenvalue weighted by atomic mass is 32.2. The second-order valence-electron chi connectivity index (χ2n) is 3.71. The van der Waals surface area contributed by atoms with E-state index >= 15 is 0 Å². The molecule has 0 atom stereocenters. The van der Waals surface area contributed by atoms with Crippen molar-refractivity contribution < 1.29 is 18.3 Å². The summed E-state index contributed by atoms with van der Waals surface area (Å²) in [6.07, 6.45) is 5.04. The third-order valence-corrected chi connectivity index (χ3v) is 5.26. The summed E-state index contributed by atoms with van der Waals surface area (Å²) < 4.78 is 24.8. The largest absolute Gasteiger partial charge is 0.480 e. The smallest absolute Gasteiger partial charge is 0.320 e. The summed E-state index contributed by atoms with van der Waals surface area (Å²) in [7, 11) is -3.66. The Morgan fingerprint density at radius 3 is 2.47 bits per heavy atom. The van der Waals surface area contributed by atoms with Crippen LogP contribution >= 0.6 is 11.8 Å². The van der Waals surface area contributed by atoms with Crippen LogP contribution < -0.4 is 4.72 Å². The third-order valence-electron chi connectivity index (χ3n) is 2.63. The molecule has 0 aromatic heterocycles. The lowest BCUT2D eigenvalue weighted by Crippen LogP contribution is -2.46. The Morgan fingerprint density at radius 1 is 1.53 bits per heavy atom. The molecule has 0 unspecified atom stereocenters. The van der Waals surface area contributed by atoms with E-state index < -0.39 is 21.7 Å². The van der Waals surface area contributed by atoms with Crippen LogP contribution in [-0.4, -0.2) is 42.8 Å². The topological polar surface area (TPSA) is 83.5 Å². The Balaban J connectivity index is 2.45. The van der Waals surface area contributed by atoms with Crippen molar-refractivity contribution in [3.05, 3.63) is 0 Å². The van der Waals surface area contributed by atoms with Crippen LogP contribution in [0.4, 0.5) is 0 Å². The van der Waals surface area contributed by atoms with E-state index in [2.05, 4.69) is 4.72 Å². The third kappa shape index (κ3) is 3.66. The van der Waals surface area contributed by atoms with Crippen molar-refractivity contribution in [3.63, 3.8) is 0 Å². The average molecular weight is 253 g/mol. The molecule has 1 saturated carbocycles. The Hall–Kier alpha value is -0.270. The monoisotopic (exact) mass is 253 g/mol. The molecule has 2 N–H and O–H groups in total. The van der Waals surface area contributed by atoms with Gasteiger partial charge < -0.3 is 5.11 Å². The Morgan fingerprint density at radius 2 is 2.13 bits per heavy atom. The molecule has 0 bridgehead atoms. The van der Waals surface area contributed by atoms with Gasteiger partial charge in [0.1, 0.15) is 0 Å². The number of aliphatic carboxylic acids is 1. The number of carboxylic acid groups (broad SMARTS) is 1. The van der Waals surface area contributed by atoms with E-state index in [1.54, 1.807) is 11.8 Å². The van der Waals surface area contributed by atoms with E-state index in [1.165, 1.54) is 0 Å². The lowest BCUT2D eigenvalue weighted by Gasteiger charge is -2.40. The van der Waals surface area contributed by atoms with Crippen molar-refractivity contribution in [1.82, 2.24) is 4.72 Å². The highest BCUT2D eigenvalue weighted by Crippen LogP contribution is 2.42. The lowest BCUT2D eigenvalue weighted by molar-refractivity contribution is -0.134. The lowest BCUT2D eigenvalue weighted by atomic mass is 9.84. The molecule has 0 aliphatic heterocycles. The maximum Gasteiger partial charge on any atom is 0.320 e. The number of carboxylic acids is 1. The molecule has 0 saturated heterocycles. The molecule has 1 aliphatic rings. The Bertz CT molecular complexity index is 329. The van der Waals surface area contributed by atoms with Crippen LogP contribution in [0.25, 0.3) is 0 Å². The zero-order chi connectivity index (χ0) is 11.5. The molecule has 1 aliphatic carbocycles. The summed E-state index contributed by atoms with van der Waals surface area (Å²) in [6.45, 7) is 0.337. The van der Waals surface area contributed by atoms with Gasteiger partial charge in [0.2, 0.25) is 10.0 Å². The minimum absolute atomic E-state index is 0.00836. The van der Waals surface area contributed by atoms with Gasteiger partial charge in [-0.3, -0.25) is 4.79 Å². The van der Waals surface area contributed by atoms with Crippen LogP contribution in [-0.2, 0) is 14.8 Å². The predicted octanol–water partition coefficient (Wildman–Crippen LogP) is 0.276. The zero-order valence-electron chi connectivity index (χ0n) is 8.52. The summed E-state index contributed by atoms with van der Waals surface area (Å²) in [5, 5.41) is 8.38. The van der Waals surface area contributed by atoms with Crippen molar-refractivity contribution in [2.24, 2.45) is 0 Å². The van der Waals surface area contributed by atoms with Gasteiger partial charge in [0.15, 0.2) is 5.75 Å². The second-order valence-corrected chi connectivity index (χ2v) is 6.80. The summed E-state index contributed by atoms with van der Waals surface area (Å²) in [6, 6.07) is 0. The van der Waals surface area contributed by atoms with Crippen molar-refractivity contribution >= 4 is 27.8 Å². The molecule has 0 aromatic rings. The summed E-state index contributed by atoms with van der Waals surface area (Å²) >= 11 is 1.64. The highest BCUT2D eigenvalue weighted by molar-refractivity contribution is 8.00. The van der Waals surface area contributed by atoms with Gasteiger partial charge in [-0.25, -0.2) is 13.1 Å². The first kappa shape index (κ1) is 12.8. The maximum absolute atomic E-state index is 11.2. The molecule has 0 radical (unpaired) electrons. The minimum atomic E-state index is -3.66. The van der Waals surface area contributed by atoms with Crippen LogP contribution in [0.15, 0.2) is 0 Å². The fourth-order valence-electron chi connectivity index (χ4n) is 1.48. The number of hydrogen-bond acceptors (Lipinski definition) is 4. The molecule has 15 heavy (non-hydrogen) atoms. The first-order valence-electron chi connectivity index (χ1n) is 4.63. The van der Waals surface area contributed by atoms with Gasteiger partial charge in [0, 0.05) is 11.3 Å². The van der Waals surface area contributed by atoms with Crippen molar-refractivity contribution in [2.75, 3.05) is 18.6 Å². The molecule has 0 heterocycles. The number of carbonyl (C=O) groups is 1. The van der Waals surface area contributed by atoms with E-state index in [0.717, 1.165) is 19.3 Å². The molecular weight excluding hydrogens is 238 g/mol. The molecular formula is C8H15NO4S2. The average Bonchev–Trinajstić information content (AvgIpc) is 2.00.